The number of piperazine rings is 1. The summed E-state index contributed by atoms with van der Waals surface area (Å²) >= 11 is 5.83. The second kappa shape index (κ2) is 7.21. The fourth-order valence-electron chi connectivity index (χ4n) is 2.90. The molecule has 0 amide bonds. The third-order valence-corrected chi connectivity index (χ3v) is 6.46. The van der Waals surface area contributed by atoms with Gasteiger partial charge in [0.2, 0.25) is 10.0 Å². The molecule has 1 heterocycles. The molecule has 1 aliphatic heterocycles. The molecule has 1 aliphatic rings. The lowest BCUT2D eigenvalue weighted by molar-refractivity contribution is -0.137. The Kier molecular flexibility index (Phi) is 5.29. The summed E-state index contributed by atoms with van der Waals surface area (Å²) in [6, 6.07) is 9.22. The third-order valence-electron chi connectivity index (χ3n) is 4.33. The van der Waals surface area contributed by atoms with E-state index in [0.29, 0.717) is 11.4 Å². The fourth-order valence-corrected chi connectivity index (χ4v) is 4.55. The molecule has 0 aromatic heterocycles. The van der Waals surface area contributed by atoms with E-state index in [-0.39, 0.29) is 36.1 Å². The largest absolute Gasteiger partial charge is 0.416 e. The Labute approximate surface area is 160 Å². The van der Waals surface area contributed by atoms with Gasteiger partial charge in [-0.15, -0.1) is 0 Å². The number of benzene rings is 2. The lowest BCUT2D eigenvalue weighted by Gasteiger charge is -2.35. The molecule has 2 aromatic rings. The minimum absolute atomic E-state index is 0.0169. The summed E-state index contributed by atoms with van der Waals surface area (Å²) in [5, 5.41) is -0.0169. The lowest BCUT2D eigenvalue weighted by atomic mass is 10.1. The topological polar surface area (TPSA) is 66.6 Å². The van der Waals surface area contributed by atoms with Crippen molar-refractivity contribution in [1.82, 2.24) is 4.31 Å². The second-order valence-corrected chi connectivity index (χ2v) is 8.53. The van der Waals surface area contributed by atoms with Gasteiger partial charge in [0.1, 0.15) is 0 Å². The van der Waals surface area contributed by atoms with Crippen molar-refractivity contribution in [2.75, 3.05) is 36.8 Å². The Morgan fingerprint density at radius 3 is 2.11 bits per heavy atom. The maximum absolute atomic E-state index is 13.0. The summed E-state index contributed by atoms with van der Waals surface area (Å²) in [6.45, 7) is 0.818. The number of sulfonamides is 1. The molecule has 0 radical (unpaired) electrons. The van der Waals surface area contributed by atoms with Crippen molar-refractivity contribution < 1.29 is 21.6 Å². The molecule has 0 saturated carbocycles. The average molecular weight is 420 g/mol. The van der Waals surface area contributed by atoms with E-state index in [1.54, 1.807) is 4.90 Å². The van der Waals surface area contributed by atoms with Gasteiger partial charge in [0.15, 0.2) is 0 Å². The number of hydrogen-bond donors (Lipinski definition) is 1. The van der Waals surface area contributed by atoms with Crippen LogP contribution in [0.25, 0.3) is 0 Å². The summed E-state index contributed by atoms with van der Waals surface area (Å²) < 4.78 is 65.6. The first-order valence-electron chi connectivity index (χ1n) is 8.06. The fraction of sp³-hybridized carbons (Fsp3) is 0.294. The molecule has 2 aromatic carbocycles. The van der Waals surface area contributed by atoms with Gasteiger partial charge in [-0.3, -0.25) is 0 Å². The van der Waals surface area contributed by atoms with E-state index in [0.717, 1.165) is 12.1 Å². The molecule has 27 heavy (non-hydrogen) atoms. The Balaban J connectivity index is 1.76. The summed E-state index contributed by atoms with van der Waals surface area (Å²) in [5.41, 5.74) is 5.53. The number of alkyl halides is 3. The van der Waals surface area contributed by atoms with Crippen molar-refractivity contribution in [2.24, 2.45) is 0 Å². The highest BCUT2D eigenvalue weighted by atomic mass is 35.5. The van der Waals surface area contributed by atoms with E-state index in [9.17, 15) is 21.6 Å². The molecule has 146 valence electrons. The van der Waals surface area contributed by atoms with Gasteiger partial charge in [-0.2, -0.15) is 17.5 Å². The number of halogens is 4. The van der Waals surface area contributed by atoms with Crippen LogP contribution >= 0.6 is 11.6 Å². The van der Waals surface area contributed by atoms with E-state index in [4.69, 9.17) is 17.3 Å². The minimum Gasteiger partial charge on any atom is -0.399 e. The summed E-state index contributed by atoms with van der Waals surface area (Å²) in [5.74, 6) is 0. The van der Waals surface area contributed by atoms with Crippen molar-refractivity contribution in [3.8, 4) is 0 Å². The van der Waals surface area contributed by atoms with E-state index in [1.807, 2.05) is 0 Å². The Morgan fingerprint density at radius 2 is 1.56 bits per heavy atom. The van der Waals surface area contributed by atoms with Crippen LogP contribution in [0.15, 0.2) is 47.4 Å². The monoisotopic (exact) mass is 419 g/mol. The molecule has 1 fully saturated rings. The molecular weight excluding hydrogens is 403 g/mol. The predicted molar refractivity (Wildman–Crippen MR) is 98.3 cm³/mol. The molecule has 0 unspecified atom stereocenters. The average Bonchev–Trinajstić information content (AvgIpc) is 2.61. The van der Waals surface area contributed by atoms with E-state index >= 15 is 0 Å². The third kappa shape index (κ3) is 4.31. The molecular formula is C17H17ClF3N3O2S. The summed E-state index contributed by atoms with van der Waals surface area (Å²) in [6.07, 6.45) is -4.50. The maximum atomic E-state index is 13.0. The van der Waals surface area contributed by atoms with Crippen LogP contribution in [0.2, 0.25) is 5.02 Å². The van der Waals surface area contributed by atoms with Gasteiger partial charge >= 0.3 is 6.18 Å². The van der Waals surface area contributed by atoms with Crippen LogP contribution in [0.5, 0.6) is 0 Å². The van der Waals surface area contributed by atoms with Crippen LogP contribution < -0.4 is 10.6 Å². The molecule has 3 rings (SSSR count). The van der Waals surface area contributed by atoms with Crippen molar-refractivity contribution >= 4 is 33.0 Å². The standard InChI is InChI=1S/C17H17ClF3N3O2S/c18-13-9-12(17(19,20)21)10-15(11-13)23-5-7-24(8-6-23)27(25,26)16-3-1-14(22)2-4-16/h1-4,9-11H,5-8,22H2. The van der Waals surface area contributed by atoms with Crippen molar-refractivity contribution in [3.05, 3.63) is 53.1 Å². The molecule has 0 spiro atoms. The van der Waals surface area contributed by atoms with Gasteiger partial charge in [-0.25, -0.2) is 8.42 Å². The molecule has 2 N–H and O–H groups in total. The molecule has 0 atom stereocenters. The molecule has 1 saturated heterocycles. The predicted octanol–water partition coefficient (Wildman–Crippen LogP) is 3.45. The van der Waals surface area contributed by atoms with Gasteiger partial charge in [-0.1, -0.05) is 11.6 Å². The first kappa shape index (κ1) is 19.8. The highest BCUT2D eigenvalue weighted by Gasteiger charge is 2.33. The zero-order chi connectivity index (χ0) is 19.8. The number of nitrogens with zero attached hydrogens (tertiary/aromatic N) is 2. The number of hydrogen-bond acceptors (Lipinski definition) is 4. The Hall–Kier alpha value is -1.97. The highest BCUT2D eigenvalue weighted by molar-refractivity contribution is 7.89. The van der Waals surface area contributed by atoms with Crippen LogP contribution in [0.1, 0.15) is 5.56 Å². The molecule has 0 aliphatic carbocycles. The van der Waals surface area contributed by atoms with E-state index in [2.05, 4.69) is 0 Å². The van der Waals surface area contributed by atoms with Gasteiger partial charge in [0, 0.05) is 42.6 Å². The second-order valence-electron chi connectivity index (χ2n) is 6.16. The first-order chi connectivity index (χ1) is 12.6. The quantitative estimate of drug-likeness (QED) is 0.774. The van der Waals surface area contributed by atoms with Gasteiger partial charge < -0.3 is 10.6 Å². The van der Waals surface area contributed by atoms with Gasteiger partial charge in [0.25, 0.3) is 0 Å². The molecule has 10 heteroatoms. The van der Waals surface area contributed by atoms with Crippen LogP contribution in [-0.4, -0.2) is 38.9 Å². The lowest BCUT2D eigenvalue weighted by Crippen LogP contribution is -2.48. The van der Waals surface area contributed by atoms with E-state index < -0.39 is 21.8 Å². The van der Waals surface area contributed by atoms with Crippen LogP contribution in [0, 0.1) is 0 Å². The zero-order valence-corrected chi connectivity index (χ0v) is 15.7. The number of anilines is 2. The molecule has 5 nitrogen and oxygen atoms in total. The first-order valence-corrected chi connectivity index (χ1v) is 9.87. The van der Waals surface area contributed by atoms with Crippen LogP contribution in [-0.2, 0) is 16.2 Å². The Bertz CT molecular complexity index is 925. The number of rotatable bonds is 3. The van der Waals surface area contributed by atoms with Gasteiger partial charge in [0.05, 0.1) is 10.5 Å². The summed E-state index contributed by atoms with van der Waals surface area (Å²) in [4.78, 5) is 1.82. The van der Waals surface area contributed by atoms with Gasteiger partial charge in [-0.05, 0) is 42.5 Å². The summed E-state index contributed by atoms with van der Waals surface area (Å²) in [7, 11) is -3.68. The van der Waals surface area contributed by atoms with Crippen LogP contribution in [0.4, 0.5) is 24.5 Å². The smallest absolute Gasteiger partial charge is 0.399 e. The maximum Gasteiger partial charge on any atom is 0.416 e. The molecule has 0 bridgehead atoms. The van der Waals surface area contributed by atoms with Crippen molar-refractivity contribution in [2.45, 2.75) is 11.1 Å². The van der Waals surface area contributed by atoms with E-state index in [1.165, 1.54) is 34.6 Å². The number of nitrogen functional groups attached to an aromatic ring is 1. The minimum atomic E-state index is -4.50. The zero-order valence-electron chi connectivity index (χ0n) is 14.1. The normalized spacial score (nSPS) is 16.5. The van der Waals surface area contributed by atoms with Crippen LogP contribution in [0.3, 0.4) is 0 Å². The Morgan fingerprint density at radius 1 is 0.963 bits per heavy atom. The number of nitrogens with two attached hydrogens (primary N) is 1. The van der Waals surface area contributed by atoms with Crippen molar-refractivity contribution in [3.63, 3.8) is 0 Å². The van der Waals surface area contributed by atoms with Crippen molar-refractivity contribution in [1.29, 1.82) is 0 Å². The highest BCUT2D eigenvalue weighted by Crippen LogP contribution is 2.34. The SMILES string of the molecule is Nc1ccc(S(=O)(=O)N2CCN(c3cc(Cl)cc(C(F)(F)F)c3)CC2)cc1.